The number of rotatable bonds is 5. The molecule has 5 rings (SSSR count). The van der Waals surface area contributed by atoms with Crippen molar-refractivity contribution in [2.75, 3.05) is 20.2 Å². The monoisotopic (exact) mass is 440 g/mol. The normalized spacial score (nSPS) is 33.2. The fraction of sp³-hybridized carbons (Fsp3) is 0.640. The van der Waals surface area contributed by atoms with Gasteiger partial charge in [0.2, 0.25) is 5.91 Å². The van der Waals surface area contributed by atoms with Crippen molar-refractivity contribution in [3.63, 3.8) is 0 Å². The van der Waals surface area contributed by atoms with Crippen LogP contribution in [0.15, 0.2) is 30.3 Å². The van der Waals surface area contributed by atoms with E-state index in [2.05, 4.69) is 0 Å². The number of methoxy groups -OCH3 is 1. The minimum Gasteiger partial charge on any atom is -0.467 e. The fourth-order valence-electron chi connectivity index (χ4n) is 6.44. The minimum atomic E-state index is -0.568. The van der Waals surface area contributed by atoms with Crippen LogP contribution in [0.2, 0.25) is 0 Å². The van der Waals surface area contributed by atoms with Crippen LogP contribution in [0.1, 0.15) is 44.1 Å². The molecular formula is C25H32N2O5. The minimum absolute atomic E-state index is 0.137. The standard InChI is InChI=1S/C25H32N2O5/c1-31-24(29)22-19(20-14-17-9-10-18(17)20)11-13-27(22)23(28)21-8-5-12-26(21)25(30)32-15-16-6-3-2-4-7-16/h2-4,6-7,17-22H,5,8-15H2,1H3/t17-,18?,19?,20?,21+,22+/m1/s1. The first-order chi connectivity index (χ1) is 15.6. The van der Waals surface area contributed by atoms with E-state index in [1.807, 2.05) is 30.3 Å². The summed E-state index contributed by atoms with van der Waals surface area (Å²) >= 11 is 0. The Morgan fingerprint density at radius 3 is 2.41 bits per heavy atom. The molecule has 32 heavy (non-hydrogen) atoms. The van der Waals surface area contributed by atoms with E-state index in [1.165, 1.54) is 31.3 Å². The summed E-state index contributed by atoms with van der Waals surface area (Å²) in [5, 5.41) is 0. The predicted molar refractivity (Wildman–Crippen MR) is 116 cm³/mol. The zero-order valence-corrected chi connectivity index (χ0v) is 18.7. The maximum atomic E-state index is 13.6. The van der Waals surface area contributed by atoms with Crippen molar-refractivity contribution >= 4 is 18.0 Å². The van der Waals surface area contributed by atoms with Gasteiger partial charge in [-0.25, -0.2) is 9.59 Å². The van der Waals surface area contributed by atoms with Crippen LogP contribution in [0.3, 0.4) is 0 Å². The molecule has 172 valence electrons. The van der Waals surface area contributed by atoms with Crippen LogP contribution in [0.5, 0.6) is 0 Å². The van der Waals surface area contributed by atoms with Crippen molar-refractivity contribution in [1.82, 2.24) is 9.80 Å². The molecule has 2 saturated heterocycles. The predicted octanol–water partition coefficient (Wildman–Crippen LogP) is 3.22. The van der Waals surface area contributed by atoms with Gasteiger partial charge in [-0.05, 0) is 67.8 Å². The van der Waals surface area contributed by atoms with E-state index < -0.39 is 18.2 Å². The summed E-state index contributed by atoms with van der Waals surface area (Å²) in [4.78, 5) is 42.3. The molecule has 4 fully saturated rings. The van der Waals surface area contributed by atoms with Gasteiger partial charge in [0.1, 0.15) is 18.7 Å². The third-order valence-corrected chi connectivity index (χ3v) is 8.30. The van der Waals surface area contributed by atoms with Gasteiger partial charge in [-0.2, -0.15) is 0 Å². The zero-order chi connectivity index (χ0) is 22.2. The molecule has 2 saturated carbocycles. The Morgan fingerprint density at radius 1 is 0.938 bits per heavy atom. The fourth-order valence-corrected chi connectivity index (χ4v) is 6.44. The maximum Gasteiger partial charge on any atom is 0.410 e. The van der Waals surface area contributed by atoms with E-state index in [9.17, 15) is 14.4 Å². The van der Waals surface area contributed by atoms with Crippen LogP contribution >= 0.6 is 0 Å². The summed E-state index contributed by atoms with van der Waals surface area (Å²) in [7, 11) is 1.40. The lowest BCUT2D eigenvalue weighted by molar-refractivity contribution is -0.157. The van der Waals surface area contributed by atoms with Gasteiger partial charge in [0.25, 0.3) is 0 Å². The van der Waals surface area contributed by atoms with E-state index in [1.54, 1.807) is 4.90 Å². The molecule has 4 aliphatic rings. The molecule has 7 nitrogen and oxygen atoms in total. The molecule has 1 aromatic carbocycles. The first kappa shape index (κ1) is 21.3. The van der Waals surface area contributed by atoms with Crippen LogP contribution in [-0.2, 0) is 25.7 Å². The number of esters is 1. The van der Waals surface area contributed by atoms with E-state index in [0.29, 0.717) is 25.4 Å². The molecule has 3 unspecified atom stereocenters. The highest BCUT2D eigenvalue weighted by molar-refractivity contribution is 5.90. The van der Waals surface area contributed by atoms with Gasteiger partial charge in [-0.3, -0.25) is 9.69 Å². The van der Waals surface area contributed by atoms with Crippen molar-refractivity contribution in [3.8, 4) is 0 Å². The van der Waals surface area contributed by atoms with Crippen LogP contribution in [-0.4, -0.2) is 60.1 Å². The smallest absolute Gasteiger partial charge is 0.410 e. The van der Waals surface area contributed by atoms with Gasteiger partial charge in [0.15, 0.2) is 0 Å². The molecule has 2 amide bonds. The largest absolute Gasteiger partial charge is 0.467 e. The highest BCUT2D eigenvalue weighted by atomic mass is 16.6. The van der Waals surface area contributed by atoms with E-state index >= 15 is 0 Å². The maximum absolute atomic E-state index is 13.6. The lowest BCUT2D eigenvalue weighted by Crippen LogP contribution is -2.55. The first-order valence-corrected chi connectivity index (χ1v) is 11.9. The Balaban J connectivity index is 1.26. The summed E-state index contributed by atoms with van der Waals surface area (Å²) < 4.78 is 10.6. The molecular weight excluding hydrogens is 408 g/mol. The Hall–Kier alpha value is -2.57. The second-order valence-corrected chi connectivity index (χ2v) is 9.74. The third-order valence-electron chi connectivity index (χ3n) is 8.30. The number of ether oxygens (including phenoxy) is 2. The zero-order valence-electron chi connectivity index (χ0n) is 18.7. The van der Waals surface area contributed by atoms with E-state index in [-0.39, 0.29) is 24.4 Å². The molecule has 6 atom stereocenters. The lowest BCUT2D eigenvalue weighted by atomic mass is 9.49. The molecule has 2 aliphatic carbocycles. The van der Waals surface area contributed by atoms with Crippen LogP contribution in [0.25, 0.3) is 0 Å². The van der Waals surface area contributed by atoms with Crippen molar-refractivity contribution in [2.45, 2.75) is 57.2 Å². The van der Waals surface area contributed by atoms with E-state index in [4.69, 9.17) is 9.47 Å². The number of nitrogens with zero attached hydrogens (tertiary/aromatic N) is 2. The number of amides is 2. The molecule has 0 aromatic heterocycles. The third kappa shape index (κ3) is 3.65. The number of carbonyl (C=O) groups excluding carboxylic acids is 3. The molecule has 1 aromatic rings. The number of likely N-dealkylation sites (tertiary alicyclic amines) is 2. The van der Waals surface area contributed by atoms with Crippen molar-refractivity contribution in [3.05, 3.63) is 35.9 Å². The lowest BCUT2D eigenvalue weighted by Gasteiger charge is -2.56. The Labute approximate surface area is 189 Å². The van der Waals surface area contributed by atoms with Crippen molar-refractivity contribution in [2.24, 2.45) is 23.7 Å². The second-order valence-electron chi connectivity index (χ2n) is 9.74. The quantitative estimate of drug-likeness (QED) is 0.657. The van der Waals surface area contributed by atoms with Crippen LogP contribution < -0.4 is 0 Å². The van der Waals surface area contributed by atoms with Crippen molar-refractivity contribution in [1.29, 1.82) is 0 Å². The number of fused-ring (bicyclic) bond motifs is 1. The molecule has 7 heteroatoms. The average Bonchev–Trinajstić information content (AvgIpc) is 3.46. The average molecular weight is 441 g/mol. The summed E-state index contributed by atoms with van der Waals surface area (Å²) in [6.45, 7) is 1.23. The van der Waals surface area contributed by atoms with Crippen molar-refractivity contribution < 1.29 is 23.9 Å². The summed E-state index contributed by atoms with van der Waals surface area (Å²) in [6, 6.07) is 8.42. The molecule has 2 aliphatic heterocycles. The van der Waals surface area contributed by atoms with E-state index in [0.717, 1.165) is 30.2 Å². The summed E-state index contributed by atoms with van der Waals surface area (Å²) in [5.41, 5.74) is 0.908. The number of benzene rings is 1. The van der Waals surface area contributed by atoms with Gasteiger partial charge >= 0.3 is 12.1 Å². The van der Waals surface area contributed by atoms with Gasteiger partial charge in [-0.15, -0.1) is 0 Å². The molecule has 0 bridgehead atoms. The number of hydrogen-bond donors (Lipinski definition) is 0. The van der Waals surface area contributed by atoms with Crippen LogP contribution in [0, 0.1) is 23.7 Å². The molecule has 0 spiro atoms. The molecule has 0 radical (unpaired) electrons. The Bertz CT molecular complexity index is 874. The van der Waals surface area contributed by atoms with Gasteiger partial charge in [-0.1, -0.05) is 30.3 Å². The SMILES string of the molecule is COC(=O)[C@@H]1C(C2C[C@H]3CCC23)CCN1C(=O)[C@@H]1CCCN1C(=O)OCc1ccccc1. The number of carbonyl (C=O) groups is 3. The molecule has 2 heterocycles. The highest BCUT2D eigenvalue weighted by Gasteiger charge is 2.56. The van der Waals surface area contributed by atoms with Crippen LogP contribution in [0.4, 0.5) is 4.79 Å². The second kappa shape index (κ2) is 8.75. The summed E-state index contributed by atoms with van der Waals surface area (Å²) in [6.07, 6.45) is 5.45. The topological polar surface area (TPSA) is 76.2 Å². The number of hydrogen-bond acceptors (Lipinski definition) is 5. The van der Waals surface area contributed by atoms with Gasteiger partial charge in [0.05, 0.1) is 7.11 Å². The van der Waals surface area contributed by atoms with Gasteiger partial charge < -0.3 is 14.4 Å². The highest BCUT2D eigenvalue weighted by Crippen LogP contribution is 2.59. The first-order valence-electron chi connectivity index (χ1n) is 11.9. The Kier molecular flexibility index (Phi) is 5.82. The van der Waals surface area contributed by atoms with Gasteiger partial charge in [0, 0.05) is 13.1 Å². The molecule has 0 N–H and O–H groups in total. The Morgan fingerprint density at radius 2 is 1.75 bits per heavy atom. The summed E-state index contributed by atoms with van der Waals surface area (Å²) in [5.74, 6) is 1.78.